The molecule has 2 aromatic carbocycles. The van der Waals surface area contributed by atoms with E-state index in [9.17, 15) is 14.4 Å². The maximum Gasteiger partial charge on any atom is 0.333 e. The number of benzene rings is 2. The Balaban J connectivity index is 1.29. The lowest BCUT2D eigenvalue weighted by atomic mass is 10.1. The van der Waals surface area contributed by atoms with Gasteiger partial charge >= 0.3 is 6.03 Å². The molecule has 10 nitrogen and oxygen atoms in total. The van der Waals surface area contributed by atoms with Gasteiger partial charge in [-0.25, -0.2) is 14.8 Å². The minimum absolute atomic E-state index is 0.125. The number of carbonyl (C=O) groups is 3. The van der Waals surface area contributed by atoms with Crippen molar-refractivity contribution in [2.75, 3.05) is 20.6 Å². The number of carbonyl (C=O) groups excluding carboxylic acids is 3. The molecule has 0 spiro atoms. The summed E-state index contributed by atoms with van der Waals surface area (Å²) in [6.07, 6.45) is 3.00. The number of likely N-dealkylation sites (N-methyl/N-ethyl adjacent to an activating group) is 2. The molecule has 172 valence electrons. The number of aliphatic imine (C=N–C) groups is 1. The van der Waals surface area contributed by atoms with Crippen molar-refractivity contribution >= 4 is 58.0 Å². The van der Waals surface area contributed by atoms with Gasteiger partial charge in [0, 0.05) is 42.4 Å². The van der Waals surface area contributed by atoms with Gasteiger partial charge < -0.3 is 4.57 Å². The number of hydrogen-bond acceptors (Lipinski definition) is 5. The molecule has 4 amide bonds. The fourth-order valence-electron chi connectivity index (χ4n) is 4.55. The maximum absolute atomic E-state index is 12.6. The molecule has 1 fully saturated rings. The normalized spacial score (nSPS) is 18.1. The van der Waals surface area contributed by atoms with Gasteiger partial charge in [0.25, 0.3) is 30.0 Å². The average Bonchev–Trinajstić information content (AvgIpc) is 3.40. The molecular formula is C24H24N7O3+. The van der Waals surface area contributed by atoms with Crippen molar-refractivity contribution in [3.63, 3.8) is 0 Å². The van der Waals surface area contributed by atoms with Crippen molar-refractivity contribution in [3.05, 3.63) is 48.0 Å². The van der Waals surface area contributed by atoms with E-state index in [1.165, 1.54) is 33.8 Å². The molecule has 0 radical (unpaired) electrons. The van der Waals surface area contributed by atoms with E-state index in [2.05, 4.69) is 51.3 Å². The summed E-state index contributed by atoms with van der Waals surface area (Å²) in [5.74, 6) is -0.516. The summed E-state index contributed by atoms with van der Waals surface area (Å²) in [7, 11) is 2.96. The molecule has 5 rings (SSSR count). The highest BCUT2D eigenvalue weighted by Crippen LogP contribution is 2.29. The number of nitrogens with one attached hydrogen (secondary N) is 1. The van der Waals surface area contributed by atoms with Crippen LogP contribution in [-0.2, 0) is 16.1 Å². The van der Waals surface area contributed by atoms with Gasteiger partial charge in [0.05, 0.1) is 6.21 Å². The second-order valence-corrected chi connectivity index (χ2v) is 8.25. The van der Waals surface area contributed by atoms with E-state index >= 15 is 0 Å². The molecule has 1 saturated heterocycles. The number of imide groups is 1. The standard InChI is InChI=1S/C24H23N7O3/c1-4-31-18-8-6-5-7-16(18)17-11-15(9-10-19(17)31)12-26-27-20(32)13-30-14-25-22-21(30)23(33)29(3)24(34)28(22)2/h5-12,14,21H,4,13H2,1-3H3/p+1/b26-12-. The SMILES string of the molecule is CCn1c2ccccc2c2cc(/C=N\NC(=O)C[N+]3=CN=C4C3C(=O)N(C)C(=O)N4C)ccc21. The molecular weight excluding hydrogens is 434 g/mol. The number of amides is 4. The molecule has 2 aliphatic heterocycles. The van der Waals surface area contributed by atoms with Gasteiger partial charge in [0.2, 0.25) is 0 Å². The zero-order valence-electron chi connectivity index (χ0n) is 19.1. The van der Waals surface area contributed by atoms with Crippen LogP contribution in [0.5, 0.6) is 0 Å². The Morgan fingerprint density at radius 3 is 2.68 bits per heavy atom. The van der Waals surface area contributed by atoms with Crippen molar-refractivity contribution < 1.29 is 19.0 Å². The van der Waals surface area contributed by atoms with Crippen molar-refractivity contribution in [1.29, 1.82) is 0 Å². The minimum Gasteiger partial charge on any atom is -0.341 e. The smallest absolute Gasteiger partial charge is 0.333 e. The number of aryl methyl sites for hydroxylation is 1. The summed E-state index contributed by atoms with van der Waals surface area (Å²) in [5, 5.41) is 6.39. The minimum atomic E-state index is -0.805. The fourth-order valence-corrected chi connectivity index (χ4v) is 4.55. The fraction of sp³-hybridized carbons (Fsp3) is 0.250. The van der Waals surface area contributed by atoms with Gasteiger partial charge in [-0.2, -0.15) is 5.10 Å². The van der Waals surface area contributed by atoms with Crippen LogP contribution in [0.15, 0.2) is 52.6 Å². The van der Waals surface area contributed by atoms with Gasteiger partial charge in [-0.1, -0.05) is 24.3 Å². The second kappa shape index (κ2) is 8.22. The Kier molecular flexibility index (Phi) is 5.20. The molecule has 2 aliphatic rings. The molecule has 1 aromatic heterocycles. The monoisotopic (exact) mass is 458 g/mol. The summed E-state index contributed by atoms with van der Waals surface area (Å²) < 4.78 is 3.76. The first-order chi connectivity index (χ1) is 16.4. The molecule has 1 unspecified atom stereocenters. The molecule has 3 aromatic rings. The zero-order chi connectivity index (χ0) is 24.0. The van der Waals surface area contributed by atoms with Crippen molar-refractivity contribution in [3.8, 4) is 0 Å². The summed E-state index contributed by atoms with van der Waals surface area (Å²) in [4.78, 5) is 43.6. The van der Waals surface area contributed by atoms with Crippen LogP contribution in [0.25, 0.3) is 21.8 Å². The first-order valence-electron chi connectivity index (χ1n) is 11.0. The largest absolute Gasteiger partial charge is 0.341 e. The van der Waals surface area contributed by atoms with Gasteiger partial charge in [-0.05, 0) is 35.7 Å². The third kappa shape index (κ3) is 3.35. The van der Waals surface area contributed by atoms with Crippen LogP contribution in [0.2, 0.25) is 0 Å². The predicted molar refractivity (Wildman–Crippen MR) is 129 cm³/mol. The van der Waals surface area contributed by atoms with E-state index < -0.39 is 23.9 Å². The highest BCUT2D eigenvalue weighted by Gasteiger charge is 2.50. The number of para-hydroxylation sites is 1. The molecule has 34 heavy (non-hydrogen) atoms. The summed E-state index contributed by atoms with van der Waals surface area (Å²) in [6, 6.07) is 13.1. The van der Waals surface area contributed by atoms with Crippen LogP contribution in [0.4, 0.5) is 4.79 Å². The maximum atomic E-state index is 12.6. The van der Waals surface area contributed by atoms with Crippen molar-refractivity contribution in [2.45, 2.75) is 19.5 Å². The molecule has 10 heteroatoms. The van der Waals surface area contributed by atoms with E-state index in [1.54, 1.807) is 13.3 Å². The van der Waals surface area contributed by atoms with Gasteiger partial charge in [0.15, 0.2) is 6.54 Å². The molecule has 1 N–H and O–H groups in total. The number of fused-ring (bicyclic) bond motifs is 4. The van der Waals surface area contributed by atoms with E-state index in [1.807, 2.05) is 18.2 Å². The first-order valence-corrected chi connectivity index (χ1v) is 11.0. The van der Waals surface area contributed by atoms with Crippen molar-refractivity contribution in [1.82, 2.24) is 19.8 Å². The number of hydrogen-bond donors (Lipinski definition) is 1. The summed E-state index contributed by atoms with van der Waals surface area (Å²) in [6.45, 7) is 2.87. The highest BCUT2D eigenvalue weighted by molar-refractivity contribution is 6.21. The number of aromatic nitrogens is 1. The van der Waals surface area contributed by atoms with E-state index in [0.29, 0.717) is 5.84 Å². The Morgan fingerprint density at radius 2 is 1.88 bits per heavy atom. The third-order valence-electron chi connectivity index (χ3n) is 6.24. The van der Waals surface area contributed by atoms with Gasteiger partial charge in [-0.15, -0.1) is 0 Å². The zero-order valence-corrected chi connectivity index (χ0v) is 19.1. The molecule has 3 heterocycles. The predicted octanol–water partition coefficient (Wildman–Crippen LogP) is 1.61. The number of amidine groups is 1. The Morgan fingerprint density at radius 1 is 1.12 bits per heavy atom. The molecule has 0 saturated carbocycles. The Bertz CT molecular complexity index is 1450. The van der Waals surface area contributed by atoms with Crippen LogP contribution in [0.3, 0.4) is 0 Å². The summed E-state index contributed by atoms with van der Waals surface area (Å²) in [5.41, 5.74) is 5.69. The quantitative estimate of drug-likeness (QED) is 0.357. The van der Waals surface area contributed by atoms with Gasteiger partial charge in [0.1, 0.15) is 0 Å². The second-order valence-electron chi connectivity index (χ2n) is 8.25. The van der Waals surface area contributed by atoms with E-state index in [4.69, 9.17) is 0 Å². The van der Waals surface area contributed by atoms with E-state index in [0.717, 1.165) is 27.9 Å². The molecule has 0 bridgehead atoms. The van der Waals surface area contributed by atoms with E-state index in [-0.39, 0.29) is 6.54 Å². The lowest BCUT2D eigenvalue weighted by Crippen LogP contribution is -2.61. The number of hydrazone groups is 1. The first kappa shape index (κ1) is 21.5. The van der Waals surface area contributed by atoms with Crippen LogP contribution in [-0.4, -0.2) is 81.9 Å². The average molecular weight is 459 g/mol. The number of rotatable bonds is 5. The van der Waals surface area contributed by atoms with Crippen molar-refractivity contribution in [2.24, 2.45) is 10.1 Å². The van der Waals surface area contributed by atoms with Crippen LogP contribution < -0.4 is 5.43 Å². The number of nitrogens with zero attached hydrogens (tertiary/aromatic N) is 6. The summed E-state index contributed by atoms with van der Waals surface area (Å²) >= 11 is 0. The Labute approximate surface area is 195 Å². The third-order valence-corrected chi connectivity index (χ3v) is 6.24. The topological polar surface area (TPSA) is 102 Å². The molecule has 0 aliphatic carbocycles. The van der Waals surface area contributed by atoms with Gasteiger partial charge in [-0.3, -0.25) is 19.4 Å². The number of urea groups is 1. The van der Waals surface area contributed by atoms with Crippen LogP contribution in [0, 0.1) is 0 Å². The molecule has 1 atom stereocenters. The lowest BCUT2D eigenvalue weighted by Gasteiger charge is -2.30. The lowest BCUT2D eigenvalue weighted by molar-refractivity contribution is -0.519. The highest BCUT2D eigenvalue weighted by atomic mass is 16.2. The van der Waals surface area contributed by atoms with Crippen LogP contribution >= 0.6 is 0 Å². The van der Waals surface area contributed by atoms with Crippen LogP contribution in [0.1, 0.15) is 12.5 Å². The Hall–Kier alpha value is -4.34.